The number of carbonyl (C=O) groups is 2. The van der Waals surface area contributed by atoms with Crippen molar-refractivity contribution in [1.29, 1.82) is 0 Å². The highest BCUT2D eigenvalue weighted by Crippen LogP contribution is 2.17. The van der Waals surface area contributed by atoms with Crippen LogP contribution in [0.25, 0.3) is 0 Å². The molecular weight excluding hydrogens is 274 g/mol. The minimum atomic E-state index is -3.76. The maximum atomic E-state index is 12.1. The Morgan fingerprint density at radius 1 is 1.21 bits per heavy atom. The number of aromatic carboxylic acids is 1. The van der Waals surface area contributed by atoms with Crippen molar-refractivity contribution in [3.8, 4) is 0 Å². The first kappa shape index (κ1) is 13.5. The van der Waals surface area contributed by atoms with Crippen LogP contribution in [-0.4, -0.2) is 42.8 Å². The van der Waals surface area contributed by atoms with E-state index >= 15 is 0 Å². The highest BCUT2D eigenvalue weighted by atomic mass is 32.2. The van der Waals surface area contributed by atoms with Crippen LogP contribution in [0.2, 0.25) is 0 Å². The van der Waals surface area contributed by atoms with E-state index in [0.29, 0.717) is 5.06 Å². The first-order valence-corrected chi connectivity index (χ1v) is 7.05. The van der Waals surface area contributed by atoms with Crippen LogP contribution in [-0.2, 0) is 14.4 Å². The van der Waals surface area contributed by atoms with Crippen molar-refractivity contribution in [3.63, 3.8) is 0 Å². The molecule has 19 heavy (non-hydrogen) atoms. The highest BCUT2D eigenvalue weighted by molar-refractivity contribution is 7.86. The molecule has 1 amide bonds. The summed E-state index contributed by atoms with van der Waals surface area (Å²) in [5.41, 5.74) is -0.300. The molecule has 8 heteroatoms. The molecule has 0 bridgehead atoms. The quantitative estimate of drug-likeness (QED) is 0.848. The van der Waals surface area contributed by atoms with E-state index in [2.05, 4.69) is 4.28 Å². The van der Waals surface area contributed by atoms with Crippen LogP contribution in [0.5, 0.6) is 0 Å². The van der Waals surface area contributed by atoms with Crippen LogP contribution in [0.3, 0.4) is 0 Å². The second-order valence-corrected chi connectivity index (χ2v) is 5.62. The van der Waals surface area contributed by atoms with Gasteiger partial charge >= 0.3 is 5.97 Å². The summed E-state index contributed by atoms with van der Waals surface area (Å²) in [5.74, 6) is -2.19. The lowest BCUT2D eigenvalue weighted by molar-refractivity contribution is -0.0347. The van der Waals surface area contributed by atoms with E-state index in [1.807, 2.05) is 0 Å². The third-order valence-corrected chi connectivity index (χ3v) is 3.77. The molecular formula is C11H11NO6S. The molecule has 0 radical (unpaired) electrons. The number of hydrogen-bond acceptors (Lipinski definition) is 5. The van der Waals surface area contributed by atoms with Crippen LogP contribution < -0.4 is 0 Å². The summed E-state index contributed by atoms with van der Waals surface area (Å²) >= 11 is 0. The van der Waals surface area contributed by atoms with Gasteiger partial charge in [0.2, 0.25) is 0 Å². The summed E-state index contributed by atoms with van der Waals surface area (Å²) in [5, 5.41) is 9.67. The number of hydrogen-bond donors (Lipinski definition) is 1. The molecule has 1 aromatic rings. The molecule has 1 fully saturated rings. The Hall–Kier alpha value is -1.93. The smallest absolute Gasteiger partial charge is 0.336 e. The van der Waals surface area contributed by atoms with Gasteiger partial charge in [-0.15, -0.1) is 4.28 Å². The molecule has 1 heterocycles. The average Bonchev–Trinajstić information content (AvgIpc) is 2.36. The molecule has 0 spiro atoms. The van der Waals surface area contributed by atoms with Crippen LogP contribution in [0.1, 0.15) is 27.1 Å². The molecule has 1 saturated heterocycles. The lowest BCUT2D eigenvalue weighted by atomic mass is 10.1. The molecule has 0 aliphatic carbocycles. The predicted molar refractivity (Wildman–Crippen MR) is 63.9 cm³/mol. The second-order valence-electron chi connectivity index (χ2n) is 3.95. The van der Waals surface area contributed by atoms with Crippen LogP contribution in [0.4, 0.5) is 0 Å². The minimum absolute atomic E-state index is 0.103. The van der Waals surface area contributed by atoms with E-state index < -0.39 is 22.0 Å². The van der Waals surface area contributed by atoms with Gasteiger partial charge in [0.05, 0.1) is 23.4 Å². The molecule has 102 valence electrons. The second kappa shape index (κ2) is 4.98. The fourth-order valence-electron chi connectivity index (χ4n) is 1.72. The molecule has 0 atom stereocenters. The third-order valence-electron chi connectivity index (χ3n) is 2.57. The van der Waals surface area contributed by atoms with Crippen molar-refractivity contribution < 1.29 is 27.4 Å². The van der Waals surface area contributed by atoms with Crippen LogP contribution in [0, 0.1) is 0 Å². The molecule has 0 aromatic heterocycles. The Morgan fingerprint density at radius 3 is 2.42 bits per heavy atom. The number of amides is 1. The molecule has 1 N–H and O–H groups in total. The van der Waals surface area contributed by atoms with Gasteiger partial charge in [0.25, 0.3) is 16.0 Å². The first-order valence-electron chi connectivity index (χ1n) is 5.47. The Labute approximate surface area is 109 Å². The summed E-state index contributed by atoms with van der Waals surface area (Å²) in [6.07, 6.45) is 0.253. The van der Waals surface area contributed by atoms with Gasteiger partial charge in [-0.05, 0) is 18.6 Å². The SMILES string of the molecule is O=C(O)c1ccccc1C(=O)N1CCCS(=O)(=O)O1. The topological polar surface area (TPSA) is 101 Å². The number of carboxylic acids is 1. The fourth-order valence-corrected chi connectivity index (χ4v) is 2.70. The zero-order valence-electron chi connectivity index (χ0n) is 9.77. The van der Waals surface area contributed by atoms with Gasteiger partial charge in [0, 0.05) is 0 Å². The molecule has 1 aliphatic heterocycles. The molecule has 7 nitrogen and oxygen atoms in total. The summed E-state index contributed by atoms with van der Waals surface area (Å²) in [4.78, 5) is 23.1. The van der Waals surface area contributed by atoms with Gasteiger partial charge in [-0.25, -0.2) is 4.79 Å². The largest absolute Gasteiger partial charge is 0.478 e. The maximum absolute atomic E-state index is 12.1. The average molecular weight is 285 g/mol. The lowest BCUT2D eigenvalue weighted by Gasteiger charge is -2.25. The number of carboxylic acid groups (broad SMARTS) is 1. The number of benzene rings is 1. The highest BCUT2D eigenvalue weighted by Gasteiger charge is 2.30. The Kier molecular flexibility index (Phi) is 3.54. The van der Waals surface area contributed by atoms with Gasteiger partial charge < -0.3 is 5.11 Å². The zero-order chi connectivity index (χ0) is 14.0. The predicted octanol–water partition coefficient (Wildman–Crippen LogP) is 0.492. The van der Waals surface area contributed by atoms with E-state index in [1.165, 1.54) is 24.3 Å². The minimum Gasteiger partial charge on any atom is -0.478 e. The Bertz CT molecular complexity index is 624. The number of hydroxylamine groups is 2. The normalized spacial score (nSPS) is 18.0. The van der Waals surface area contributed by atoms with Crippen LogP contribution >= 0.6 is 0 Å². The van der Waals surface area contributed by atoms with Crippen molar-refractivity contribution in [2.75, 3.05) is 12.3 Å². The van der Waals surface area contributed by atoms with Gasteiger partial charge in [0.1, 0.15) is 0 Å². The fraction of sp³-hybridized carbons (Fsp3) is 0.273. The van der Waals surface area contributed by atoms with Gasteiger partial charge in [-0.3, -0.25) is 4.79 Å². The summed E-state index contributed by atoms with van der Waals surface area (Å²) in [7, 11) is -3.76. The molecule has 0 unspecified atom stereocenters. The van der Waals surface area contributed by atoms with E-state index in [1.54, 1.807) is 0 Å². The Morgan fingerprint density at radius 2 is 1.84 bits per heavy atom. The van der Waals surface area contributed by atoms with E-state index in [-0.39, 0.29) is 29.8 Å². The number of carbonyl (C=O) groups excluding carboxylic acids is 1. The van der Waals surface area contributed by atoms with Gasteiger partial charge in [-0.2, -0.15) is 13.5 Å². The van der Waals surface area contributed by atoms with E-state index in [9.17, 15) is 18.0 Å². The Balaban J connectivity index is 2.32. The third kappa shape index (κ3) is 2.91. The monoisotopic (exact) mass is 285 g/mol. The number of rotatable bonds is 2. The first-order chi connectivity index (χ1) is 8.91. The molecule has 1 aliphatic rings. The van der Waals surface area contributed by atoms with Gasteiger partial charge in [0.15, 0.2) is 0 Å². The van der Waals surface area contributed by atoms with E-state index in [4.69, 9.17) is 5.11 Å². The van der Waals surface area contributed by atoms with Crippen molar-refractivity contribution in [2.45, 2.75) is 6.42 Å². The standard InChI is InChI=1S/C11H11NO6S/c13-10(12-6-3-7-19(16,17)18-12)8-4-1-2-5-9(8)11(14)15/h1-2,4-5H,3,6-7H2,(H,14,15). The lowest BCUT2D eigenvalue weighted by Crippen LogP contribution is -2.40. The summed E-state index contributed by atoms with van der Waals surface area (Å²) < 4.78 is 27.2. The number of nitrogens with zero attached hydrogens (tertiary/aromatic N) is 1. The van der Waals surface area contributed by atoms with Crippen LogP contribution in [0.15, 0.2) is 24.3 Å². The van der Waals surface area contributed by atoms with Crippen molar-refractivity contribution in [3.05, 3.63) is 35.4 Å². The summed E-state index contributed by atoms with van der Waals surface area (Å²) in [6.45, 7) is 0.103. The van der Waals surface area contributed by atoms with Crippen molar-refractivity contribution in [2.24, 2.45) is 0 Å². The molecule has 1 aromatic carbocycles. The summed E-state index contributed by atoms with van der Waals surface area (Å²) in [6, 6.07) is 5.57. The molecule has 0 saturated carbocycles. The zero-order valence-corrected chi connectivity index (χ0v) is 10.6. The van der Waals surface area contributed by atoms with Gasteiger partial charge in [-0.1, -0.05) is 12.1 Å². The molecule has 2 rings (SSSR count). The maximum Gasteiger partial charge on any atom is 0.336 e. The van der Waals surface area contributed by atoms with Crippen molar-refractivity contribution >= 4 is 22.0 Å². The van der Waals surface area contributed by atoms with Crippen molar-refractivity contribution in [1.82, 2.24) is 5.06 Å². The van der Waals surface area contributed by atoms with E-state index in [0.717, 1.165) is 0 Å².